The lowest BCUT2D eigenvalue weighted by Gasteiger charge is -2.15. The van der Waals surface area contributed by atoms with Crippen molar-refractivity contribution < 1.29 is 18.7 Å². The van der Waals surface area contributed by atoms with Crippen LogP contribution in [0, 0.1) is 5.82 Å². The maximum absolute atomic E-state index is 14.8. The fraction of sp³-hybridized carbons (Fsp3) is 0.250. The first-order valence-electron chi connectivity index (χ1n) is 9.29. The topological polar surface area (TPSA) is 86.4 Å². The van der Waals surface area contributed by atoms with Gasteiger partial charge in [0.15, 0.2) is 11.7 Å². The van der Waals surface area contributed by atoms with Crippen molar-refractivity contribution >= 4 is 11.8 Å². The number of ether oxygens (including phenoxy) is 2. The highest BCUT2D eigenvalue weighted by Gasteiger charge is 2.32. The summed E-state index contributed by atoms with van der Waals surface area (Å²) < 4.78 is 28.3. The molecule has 1 N–H and O–H groups in total. The van der Waals surface area contributed by atoms with E-state index in [0.29, 0.717) is 24.7 Å². The van der Waals surface area contributed by atoms with Crippen LogP contribution in [0.2, 0.25) is 0 Å². The third-order valence-electron chi connectivity index (χ3n) is 4.68. The summed E-state index contributed by atoms with van der Waals surface area (Å²) >= 11 is 0. The Morgan fingerprint density at radius 3 is 3.03 bits per heavy atom. The molecule has 0 unspecified atom stereocenters. The van der Waals surface area contributed by atoms with Crippen molar-refractivity contribution in [2.24, 2.45) is 0 Å². The number of anilines is 1. The van der Waals surface area contributed by atoms with Crippen molar-refractivity contribution in [3.8, 4) is 5.69 Å². The lowest BCUT2D eigenvalue weighted by Crippen LogP contribution is -2.30. The molecule has 4 rings (SSSR count). The number of amides is 1. The minimum absolute atomic E-state index is 0.285. The third-order valence-corrected chi connectivity index (χ3v) is 4.68. The highest BCUT2D eigenvalue weighted by Crippen LogP contribution is 2.25. The molecule has 0 spiro atoms. The van der Waals surface area contributed by atoms with Crippen molar-refractivity contribution in [1.82, 2.24) is 24.9 Å². The number of carbonyl (C=O) groups is 1. The Morgan fingerprint density at radius 2 is 2.30 bits per heavy atom. The lowest BCUT2D eigenvalue weighted by molar-refractivity contribution is 0.137. The number of aromatic nitrogens is 4. The van der Waals surface area contributed by atoms with E-state index in [-0.39, 0.29) is 12.2 Å². The van der Waals surface area contributed by atoms with Crippen LogP contribution in [0.15, 0.2) is 61.5 Å². The second kappa shape index (κ2) is 8.27. The Kier molecular flexibility index (Phi) is 5.38. The summed E-state index contributed by atoms with van der Waals surface area (Å²) in [6.45, 7) is 4.83. The van der Waals surface area contributed by atoms with Crippen LogP contribution in [0.25, 0.3) is 5.69 Å². The van der Waals surface area contributed by atoms with E-state index in [0.717, 1.165) is 5.56 Å². The highest BCUT2D eigenvalue weighted by molar-refractivity contribution is 5.89. The smallest absolute Gasteiger partial charge is 0.414 e. The molecule has 1 fully saturated rings. The molecule has 3 aromatic rings. The molecule has 1 atom stereocenters. The average Bonchev–Trinajstić information content (AvgIpc) is 3.48. The van der Waals surface area contributed by atoms with E-state index in [1.54, 1.807) is 35.4 Å². The first-order chi connectivity index (χ1) is 14.5. The normalized spacial score (nSPS) is 15.9. The SMILES string of the molecule is C=C(NC[C@H]1CN(c2ccc(-n3cc(Cn4cccn4)cn3)c(F)c2)C(=O)O1)OC. The lowest BCUT2D eigenvalue weighted by atomic mass is 10.2. The number of methoxy groups -OCH3 is 1. The number of cyclic esters (lactones) is 1. The van der Waals surface area contributed by atoms with Gasteiger partial charge >= 0.3 is 6.09 Å². The molecule has 0 bridgehead atoms. The first kappa shape index (κ1) is 19.5. The number of halogens is 1. The number of hydrogen-bond acceptors (Lipinski definition) is 6. The Labute approximate surface area is 172 Å². The molecule has 9 nitrogen and oxygen atoms in total. The Bertz CT molecular complexity index is 1050. The molecular weight excluding hydrogens is 391 g/mol. The predicted octanol–water partition coefficient (Wildman–Crippen LogP) is 2.29. The minimum atomic E-state index is -0.530. The number of hydrogen-bond donors (Lipinski definition) is 1. The third kappa shape index (κ3) is 4.12. The van der Waals surface area contributed by atoms with Crippen molar-refractivity contribution in [1.29, 1.82) is 0 Å². The van der Waals surface area contributed by atoms with E-state index < -0.39 is 18.0 Å². The van der Waals surface area contributed by atoms with E-state index in [9.17, 15) is 9.18 Å². The molecule has 1 aromatic carbocycles. The average molecular weight is 412 g/mol. The zero-order chi connectivity index (χ0) is 21.1. The number of carbonyl (C=O) groups excluding carboxylic acids is 1. The van der Waals surface area contributed by atoms with Crippen molar-refractivity contribution in [3.63, 3.8) is 0 Å². The Balaban J connectivity index is 1.45. The summed E-state index contributed by atoms with van der Waals surface area (Å²) in [7, 11) is 1.49. The zero-order valence-corrected chi connectivity index (χ0v) is 16.4. The Morgan fingerprint density at radius 1 is 1.43 bits per heavy atom. The van der Waals surface area contributed by atoms with Gasteiger partial charge in [-0.1, -0.05) is 0 Å². The van der Waals surface area contributed by atoms with E-state index >= 15 is 0 Å². The summed E-state index contributed by atoms with van der Waals surface area (Å²) in [5.74, 6) is -0.116. The standard InChI is InChI=1S/C20H21FN6O3/c1-14(29-2)22-10-17-13-26(20(28)30-17)16-4-5-19(18(21)8-16)27-12-15(9-24-27)11-25-7-3-6-23-25/h3-9,12,17,22H,1,10-11,13H2,2H3/t17-/m0/s1. The summed E-state index contributed by atoms with van der Waals surface area (Å²) in [5.41, 5.74) is 1.59. The fourth-order valence-corrected chi connectivity index (χ4v) is 3.14. The van der Waals surface area contributed by atoms with Crippen molar-refractivity contribution in [2.45, 2.75) is 12.6 Å². The van der Waals surface area contributed by atoms with Gasteiger partial charge in [0.1, 0.15) is 11.8 Å². The summed E-state index contributed by atoms with van der Waals surface area (Å²) in [5, 5.41) is 11.3. The second-order valence-corrected chi connectivity index (χ2v) is 6.76. The van der Waals surface area contributed by atoms with Gasteiger partial charge in [0, 0.05) is 24.2 Å². The van der Waals surface area contributed by atoms with Crippen LogP contribution in [-0.4, -0.2) is 52.0 Å². The van der Waals surface area contributed by atoms with E-state index in [1.807, 2.05) is 12.3 Å². The maximum atomic E-state index is 14.8. The molecule has 2 aromatic heterocycles. The Hall–Kier alpha value is -3.82. The molecule has 0 aliphatic carbocycles. The molecule has 1 saturated heterocycles. The first-order valence-corrected chi connectivity index (χ1v) is 9.29. The van der Waals surface area contributed by atoms with Gasteiger partial charge in [0.2, 0.25) is 0 Å². The van der Waals surface area contributed by atoms with Crippen LogP contribution < -0.4 is 10.2 Å². The van der Waals surface area contributed by atoms with Crippen LogP contribution in [0.1, 0.15) is 5.56 Å². The number of nitrogens with zero attached hydrogens (tertiary/aromatic N) is 5. The fourth-order valence-electron chi connectivity index (χ4n) is 3.14. The van der Waals surface area contributed by atoms with Gasteiger partial charge in [-0.3, -0.25) is 9.58 Å². The van der Waals surface area contributed by atoms with Crippen LogP contribution in [0.3, 0.4) is 0 Å². The molecule has 10 heteroatoms. The monoisotopic (exact) mass is 412 g/mol. The molecular formula is C20H21FN6O3. The van der Waals surface area contributed by atoms with E-state index in [1.165, 1.54) is 22.8 Å². The van der Waals surface area contributed by atoms with Gasteiger partial charge in [0.05, 0.1) is 38.6 Å². The van der Waals surface area contributed by atoms with E-state index in [4.69, 9.17) is 9.47 Å². The summed E-state index contributed by atoms with van der Waals surface area (Å²) in [4.78, 5) is 13.6. The van der Waals surface area contributed by atoms with Crippen molar-refractivity contribution in [2.75, 3.05) is 25.1 Å². The molecule has 0 radical (unpaired) electrons. The molecule has 156 valence electrons. The largest absolute Gasteiger partial charge is 0.483 e. The molecule has 1 amide bonds. The van der Waals surface area contributed by atoms with Crippen LogP contribution in [-0.2, 0) is 16.0 Å². The molecule has 3 heterocycles. The molecule has 30 heavy (non-hydrogen) atoms. The molecule has 1 aliphatic rings. The highest BCUT2D eigenvalue weighted by atomic mass is 19.1. The quantitative estimate of drug-likeness (QED) is 0.572. The van der Waals surface area contributed by atoms with Gasteiger partial charge in [-0.15, -0.1) is 0 Å². The molecule has 0 saturated carbocycles. The van der Waals surface area contributed by atoms with Gasteiger partial charge in [0.25, 0.3) is 0 Å². The van der Waals surface area contributed by atoms with Gasteiger partial charge < -0.3 is 14.8 Å². The number of nitrogens with one attached hydrogen (secondary N) is 1. The number of rotatable bonds is 8. The van der Waals surface area contributed by atoms with Crippen LogP contribution >= 0.6 is 0 Å². The van der Waals surface area contributed by atoms with E-state index in [2.05, 4.69) is 22.1 Å². The van der Waals surface area contributed by atoms with Crippen molar-refractivity contribution in [3.05, 3.63) is 72.9 Å². The van der Waals surface area contributed by atoms with Crippen LogP contribution in [0.4, 0.5) is 14.9 Å². The van der Waals surface area contributed by atoms with Gasteiger partial charge in [-0.2, -0.15) is 10.2 Å². The number of benzene rings is 1. The zero-order valence-electron chi connectivity index (χ0n) is 16.4. The summed E-state index contributed by atoms with van der Waals surface area (Å²) in [6, 6.07) is 6.38. The second-order valence-electron chi connectivity index (χ2n) is 6.76. The minimum Gasteiger partial charge on any atom is -0.483 e. The summed E-state index contributed by atoms with van der Waals surface area (Å²) in [6.07, 6.45) is 6.02. The van der Waals surface area contributed by atoms with Gasteiger partial charge in [-0.05, 0) is 30.8 Å². The predicted molar refractivity (Wildman–Crippen MR) is 107 cm³/mol. The van der Waals surface area contributed by atoms with Crippen LogP contribution in [0.5, 0.6) is 0 Å². The maximum Gasteiger partial charge on any atom is 0.414 e. The van der Waals surface area contributed by atoms with Gasteiger partial charge in [-0.25, -0.2) is 13.9 Å². The molecule has 1 aliphatic heterocycles.